The van der Waals surface area contributed by atoms with Crippen molar-refractivity contribution in [3.05, 3.63) is 24.3 Å². The summed E-state index contributed by atoms with van der Waals surface area (Å²) in [7, 11) is 1.59. The van der Waals surface area contributed by atoms with Crippen LogP contribution in [0, 0.1) is 0 Å². The first-order valence-electron chi connectivity index (χ1n) is 7.23. The minimum Gasteiger partial charge on any atom is -0.497 e. The molecule has 24 heavy (non-hydrogen) atoms. The van der Waals surface area contributed by atoms with Crippen molar-refractivity contribution in [1.82, 2.24) is 30.8 Å². The molecule has 0 saturated heterocycles. The summed E-state index contributed by atoms with van der Waals surface area (Å²) in [5, 5.41) is 17.1. The maximum absolute atomic E-state index is 11.8. The molecule has 0 fully saturated rings. The van der Waals surface area contributed by atoms with Crippen LogP contribution in [0.1, 0.15) is 6.92 Å². The first-order chi connectivity index (χ1) is 11.6. The van der Waals surface area contributed by atoms with E-state index in [1.165, 1.54) is 16.4 Å². The molecule has 10 heteroatoms. The zero-order valence-corrected chi connectivity index (χ0v) is 14.2. The number of hydrogen-bond acceptors (Lipinski definition) is 7. The quantitative estimate of drug-likeness (QED) is 0.645. The number of tetrazole rings is 1. The second-order valence-corrected chi connectivity index (χ2v) is 5.53. The molecule has 2 rings (SSSR count). The van der Waals surface area contributed by atoms with Gasteiger partial charge in [-0.25, -0.2) is 0 Å². The summed E-state index contributed by atoms with van der Waals surface area (Å²) in [4.78, 5) is 23.1. The van der Waals surface area contributed by atoms with Crippen molar-refractivity contribution in [2.45, 2.75) is 12.1 Å². The second-order valence-electron chi connectivity index (χ2n) is 4.59. The number of benzene rings is 1. The third kappa shape index (κ3) is 4.95. The molecule has 2 N–H and O–H groups in total. The predicted molar refractivity (Wildman–Crippen MR) is 88.1 cm³/mol. The number of nitrogens with zero attached hydrogens (tertiary/aromatic N) is 4. The lowest BCUT2D eigenvalue weighted by Gasteiger charge is -2.06. The lowest BCUT2D eigenvalue weighted by atomic mass is 10.3. The maximum Gasteiger partial charge on any atom is 0.239 e. The van der Waals surface area contributed by atoms with Crippen LogP contribution < -0.4 is 15.4 Å². The Bertz CT molecular complexity index is 688. The Morgan fingerprint density at radius 1 is 1.21 bits per heavy atom. The minimum atomic E-state index is -0.268. The lowest BCUT2D eigenvalue weighted by Crippen LogP contribution is -2.37. The van der Waals surface area contributed by atoms with Crippen molar-refractivity contribution in [3.8, 4) is 11.4 Å². The summed E-state index contributed by atoms with van der Waals surface area (Å²) >= 11 is 1.18. The van der Waals surface area contributed by atoms with E-state index in [1.807, 2.05) is 19.1 Å². The first-order valence-corrected chi connectivity index (χ1v) is 8.21. The molecule has 0 aliphatic rings. The van der Waals surface area contributed by atoms with Crippen LogP contribution in [0.4, 0.5) is 0 Å². The number of thioether (sulfide) groups is 1. The smallest absolute Gasteiger partial charge is 0.239 e. The molecule has 0 aliphatic heterocycles. The van der Waals surface area contributed by atoms with E-state index in [-0.39, 0.29) is 24.1 Å². The van der Waals surface area contributed by atoms with E-state index in [0.29, 0.717) is 11.7 Å². The molecule has 0 saturated carbocycles. The Morgan fingerprint density at radius 2 is 1.96 bits per heavy atom. The predicted octanol–water partition coefficient (Wildman–Crippen LogP) is 0.0153. The average molecular weight is 350 g/mol. The van der Waals surface area contributed by atoms with Crippen LogP contribution >= 0.6 is 11.8 Å². The molecule has 2 amide bonds. The number of aromatic nitrogens is 4. The van der Waals surface area contributed by atoms with E-state index in [1.54, 1.807) is 19.2 Å². The Hall–Kier alpha value is -2.62. The summed E-state index contributed by atoms with van der Waals surface area (Å²) < 4.78 is 6.64. The molecule has 0 unspecified atom stereocenters. The molecule has 128 valence electrons. The number of likely N-dealkylation sites (N-methyl/N-ethyl adjacent to an activating group) is 1. The Labute approximate surface area is 143 Å². The summed E-state index contributed by atoms with van der Waals surface area (Å²) in [5.41, 5.74) is 0.756. The average Bonchev–Trinajstić information content (AvgIpc) is 3.07. The van der Waals surface area contributed by atoms with Gasteiger partial charge in [-0.05, 0) is 41.6 Å². The molecule has 0 bridgehead atoms. The highest BCUT2D eigenvalue weighted by molar-refractivity contribution is 7.99. The van der Waals surface area contributed by atoms with Crippen LogP contribution in [-0.2, 0) is 9.59 Å². The van der Waals surface area contributed by atoms with Crippen LogP contribution in [-0.4, -0.2) is 58.0 Å². The van der Waals surface area contributed by atoms with Gasteiger partial charge in [0.05, 0.1) is 25.1 Å². The summed E-state index contributed by atoms with van der Waals surface area (Å²) in [5.74, 6) is 0.343. The molecule has 0 spiro atoms. The number of methoxy groups -OCH3 is 1. The van der Waals surface area contributed by atoms with Gasteiger partial charge in [-0.2, -0.15) is 4.68 Å². The monoisotopic (exact) mass is 350 g/mol. The third-order valence-electron chi connectivity index (χ3n) is 2.91. The maximum atomic E-state index is 11.8. The largest absolute Gasteiger partial charge is 0.497 e. The lowest BCUT2D eigenvalue weighted by molar-refractivity contribution is -0.124. The first kappa shape index (κ1) is 17.7. The molecule has 2 aromatic rings. The number of hydrogen-bond donors (Lipinski definition) is 2. The second kappa shape index (κ2) is 8.87. The van der Waals surface area contributed by atoms with Gasteiger partial charge in [0.1, 0.15) is 5.75 Å². The van der Waals surface area contributed by atoms with Crippen LogP contribution in [0.2, 0.25) is 0 Å². The molecule has 0 aliphatic carbocycles. The van der Waals surface area contributed by atoms with Crippen molar-refractivity contribution in [2.75, 3.05) is 26.0 Å². The van der Waals surface area contributed by atoms with Gasteiger partial charge in [0.25, 0.3) is 0 Å². The van der Waals surface area contributed by atoms with E-state index in [4.69, 9.17) is 4.74 Å². The number of rotatable bonds is 8. The zero-order valence-electron chi connectivity index (χ0n) is 13.4. The fourth-order valence-corrected chi connectivity index (χ4v) is 2.49. The summed E-state index contributed by atoms with van der Waals surface area (Å²) in [6.07, 6.45) is 0. The molecule has 1 aromatic carbocycles. The fraction of sp³-hybridized carbons (Fsp3) is 0.357. The highest BCUT2D eigenvalue weighted by Gasteiger charge is 2.12. The van der Waals surface area contributed by atoms with Crippen LogP contribution in [0.3, 0.4) is 0 Å². The SMILES string of the molecule is CCNC(=O)CNC(=O)CSc1nnnn1-c1ccc(OC)cc1. The highest BCUT2D eigenvalue weighted by atomic mass is 32.2. The molecular formula is C14H18N6O3S. The summed E-state index contributed by atoms with van der Waals surface area (Å²) in [6.45, 7) is 2.30. The van der Waals surface area contributed by atoms with Crippen molar-refractivity contribution >= 4 is 23.6 Å². The van der Waals surface area contributed by atoms with Crippen LogP contribution in [0.15, 0.2) is 29.4 Å². The van der Waals surface area contributed by atoms with Crippen molar-refractivity contribution < 1.29 is 14.3 Å². The van der Waals surface area contributed by atoms with Gasteiger partial charge in [-0.3, -0.25) is 9.59 Å². The van der Waals surface area contributed by atoms with Gasteiger partial charge < -0.3 is 15.4 Å². The number of nitrogens with one attached hydrogen (secondary N) is 2. The molecule has 1 aromatic heterocycles. The Kier molecular flexibility index (Phi) is 6.55. The highest BCUT2D eigenvalue weighted by Crippen LogP contribution is 2.19. The number of amides is 2. The normalized spacial score (nSPS) is 10.2. The number of carbonyl (C=O) groups excluding carboxylic acids is 2. The number of carbonyl (C=O) groups is 2. The van der Waals surface area contributed by atoms with Crippen LogP contribution in [0.5, 0.6) is 5.75 Å². The summed E-state index contributed by atoms with van der Waals surface area (Å²) in [6, 6.07) is 7.22. The van der Waals surface area contributed by atoms with Crippen molar-refractivity contribution in [3.63, 3.8) is 0 Å². The van der Waals surface area contributed by atoms with Gasteiger partial charge in [-0.15, -0.1) is 5.10 Å². The molecular weight excluding hydrogens is 332 g/mol. The third-order valence-corrected chi connectivity index (χ3v) is 3.83. The van der Waals surface area contributed by atoms with E-state index in [9.17, 15) is 9.59 Å². The van der Waals surface area contributed by atoms with Gasteiger partial charge in [0, 0.05) is 6.54 Å². The minimum absolute atomic E-state index is 0.0450. The van der Waals surface area contributed by atoms with Gasteiger partial charge in [0.15, 0.2) is 0 Å². The van der Waals surface area contributed by atoms with E-state index >= 15 is 0 Å². The van der Waals surface area contributed by atoms with Crippen molar-refractivity contribution in [1.29, 1.82) is 0 Å². The fourth-order valence-electron chi connectivity index (χ4n) is 1.77. The van der Waals surface area contributed by atoms with Crippen LogP contribution in [0.25, 0.3) is 5.69 Å². The molecule has 0 radical (unpaired) electrons. The molecule has 9 nitrogen and oxygen atoms in total. The van der Waals surface area contributed by atoms with Gasteiger partial charge in [-0.1, -0.05) is 11.8 Å². The zero-order chi connectivity index (χ0) is 17.4. The van der Waals surface area contributed by atoms with Gasteiger partial charge in [0.2, 0.25) is 17.0 Å². The number of ether oxygens (including phenoxy) is 1. The van der Waals surface area contributed by atoms with E-state index < -0.39 is 0 Å². The Morgan fingerprint density at radius 3 is 2.62 bits per heavy atom. The van der Waals surface area contributed by atoms with E-state index in [2.05, 4.69) is 26.2 Å². The van der Waals surface area contributed by atoms with E-state index in [0.717, 1.165) is 11.4 Å². The Balaban J connectivity index is 1.91. The van der Waals surface area contributed by atoms with Crippen molar-refractivity contribution in [2.24, 2.45) is 0 Å². The topological polar surface area (TPSA) is 111 Å². The standard InChI is InChI=1S/C14H18N6O3S/c1-3-15-12(21)8-16-13(22)9-24-14-17-18-19-20(14)10-4-6-11(23-2)7-5-10/h4-7H,3,8-9H2,1-2H3,(H,15,21)(H,16,22). The van der Waals surface area contributed by atoms with Gasteiger partial charge >= 0.3 is 0 Å². The molecule has 1 heterocycles. The molecule has 0 atom stereocenters.